The first kappa shape index (κ1) is 16.1. The molecule has 1 fully saturated rings. The molecule has 128 valence electrons. The Morgan fingerprint density at radius 3 is 2.96 bits per heavy atom. The Bertz CT molecular complexity index is 920. The zero-order chi connectivity index (χ0) is 17.2. The fourth-order valence-corrected chi connectivity index (χ4v) is 4.11. The van der Waals surface area contributed by atoms with Crippen LogP contribution < -0.4 is 10.6 Å². The zero-order valence-corrected chi connectivity index (χ0v) is 14.3. The summed E-state index contributed by atoms with van der Waals surface area (Å²) in [5.41, 5.74) is 0.700. The van der Waals surface area contributed by atoms with E-state index >= 15 is 0 Å². The van der Waals surface area contributed by atoms with Crippen LogP contribution in [0.4, 0.5) is 9.52 Å². The van der Waals surface area contributed by atoms with Crippen LogP contribution in [-0.4, -0.2) is 29.0 Å². The molecule has 0 saturated carbocycles. The molecule has 0 aliphatic carbocycles. The molecule has 4 rings (SSSR count). The molecule has 1 aromatic carbocycles. The number of piperidine rings is 1. The molecule has 1 amide bonds. The number of carbonyl (C=O) groups excluding carboxylic acids is 1. The van der Waals surface area contributed by atoms with Crippen LogP contribution in [0, 0.1) is 5.82 Å². The average Bonchev–Trinajstić information content (AvgIpc) is 3.10. The Hall–Kier alpha value is -2.38. The third kappa shape index (κ3) is 3.38. The first-order valence-electron chi connectivity index (χ1n) is 8.23. The summed E-state index contributed by atoms with van der Waals surface area (Å²) >= 11 is 1.49. The van der Waals surface area contributed by atoms with Gasteiger partial charge in [-0.05, 0) is 50.0 Å². The molecule has 1 aliphatic rings. The molecule has 1 saturated heterocycles. The maximum Gasteiger partial charge on any atom is 0.259 e. The molecule has 1 aliphatic heterocycles. The lowest BCUT2D eigenvalue weighted by Crippen LogP contribution is -2.26. The number of aromatic nitrogens is 2. The van der Waals surface area contributed by atoms with E-state index in [4.69, 9.17) is 0 Å². The normalized spacial score (nSPS) is 15.4. The number of amides is 1. The molecule has 0 bridgehead atoms. The Morgan fingerprint density at radius 1 is 1.28 bits per heavy atom. The fraction of sp³-hybridized carbons (Fsp3) is 0.278. The lowest BCUT2D eigenvalue weighted by atomic mass is 9.97. The van der Waals surface area contributed by atoms with E-state index in [-0.39, 0.29) is 5.56 Å². The Kier molecular flexibility index (Phi) is 4.42. The number of benzene rings is 1. The lowest BCUT2D eigenvalue weighted by Gasteiger charge is -2.20. The van der Waals surface area contributed by atoms with Crippen molar-refractivity contribution in [1.29, 1.82) is 0 Å². The van der Waals surface area contributed by atoms with Crippen LogP contribution in [0.2, 0.25) is 0 Å². The number of pyridine rings is 1. The lowest BCUT2D eigenvalue weighted by molar-refractivity contribution is 0.102. The van der Waals surface area contributed by atoms with Gasteiger partial charge in [-0.25, -0.2) is 9.37 Å². The summed E-state index contributed by atoms with van der Waals surface area (Å²) in [4.78, 5) is 22.3. The highest BCUT2D eigenvalue weighted by molar-refractivity contribution is 7.15. The van der Waals surface area contributed by atoms with Crippen LogP contribution in [0.1, 0.15) is 34.0 Å². The van der Waals surface area contributed by atoms with E-state index in [2.05, 4.69) is 20.6 Å². The zero-order valence-electron chi connectivity index (χ0n) is 13.5. The molecule has 5 nitrogen and oxygen atoms in total. The standard InChI is InChI=1S/C18H17FN4OS/c19-13-8-12-2-1-5-21-16(12)14(9-13)17(24)23-18-22-10-15(25-18)11-3-6-20-7-4-11/h1-2,5,8-11,20H,3-4,6-7H2,(H,22,23,24). The van der Waals surface area contributed by atoms with Gasteiger partial charge in [0.2, 0.25) is 0 Å². The van der Waals surface area contributed by atoms with Crippen molar-refractivity contribution in [1.82, 2.24) is 15.3 Å². The number of anilines is 1. The molecular formula is C18H17FN4OS. The second-order valence-electron chi connectivity index (χ2n) is 6.07. The van der Waals surface area contributed by atoms with E-state index in [1.807, 2.05) is 6.20 Å². The maximum atomic E-state index is 13.8. The number of fused-ring (bicyclic) bond motifs is 1. The van der Waals surface area contributed by atoms with Gasteiger partial charge in [-0.15, -0.1) is 11.3 Å². The number of halogens is 1. The number of thiazole rings is 1. The third-order valence-electron chi connectivity index (χ3n) is 4.40. The molecule has 7 heteroatoms. The second-order valence-corrected chi connectivity index (χ2v) is 7.14. The largest absolute Gasteiger partial charge is 0.317 e. The number of hydrogen-bond donors (Lipinski definition) is 2. The predicted octanol–water partition coefficient (Wildman–Crippen LogP) is 3.55. The van der Waals surface area contributed by atoms with Crippen LogP contribution in [0.5, 0.6) is 0 Å². The van der Waals surface area contributed by atoms with Gasteiger partial charge >= 0.3 is 0 Å². The van der Waals surface area contributed by atoms with Crippen LogP contribution in [0.15, 0.2) is 36.7 Å². The average molecular weight is 356 g/mol. The van der Waals surface area contributed by atoms with Crippen LogP contribution >= 0.6 is 11.3 Å². The summed E-state index contributed by atoms with van der Waals surface area (Å²) in [7, 11) is 0. The highest BCUT2D eigenvalue weighted by Gasteiger charge is 2.19. The number of nitrogens with one attached hydrogen (secondary N) is 2. The molecule has 2 N–H and O–H groups in total. The van der Waals surface area contributed by atoms with Gasteiger partial charge in [0.1, 0.15) is 5.82 Å². The van der Waals surface area contributed by atoms with Gasteiger partial charge < -0.3 is 5.32 Å². The van der Waals surface area contributed by atoms with Gasteiger partial charge in [-0.3, -0.25) is 15.1 Å². The Labute approximate surface area is 148 Å². The minimum atomic E-state index is -0.458. The first-order valence-corrected chi connectivity index (χ1v) is 9.04. The van der Waals surface area contributed by atoms with Gasteiger partial charge in [0.25, 0.3) is 5.91 Å². The van der Waals surface area contributed by atoms with Crippen LogP contribution in [0.25, 0.3) is 10.9 Å². The molecule has 3 heterocycles. The molecule has 3 aromatic rings. The maximum absolute atomic E-state index is 13.8. The van der Waals surface area contributed by atoms with Gasteiger partial charge in [0, 0.05) is 22.7 Å². The van der Waals surface area contributed by atoms with Crippen molar-refractivity contribution in [3.8, 4) is 0 Å². The third-order valence-corrected chi connectivity index (χ3v) is 5.48. The van der Waals surface area contributed by atoms with E-state index in [1.54, 1.807) is 18.3 Å². The summed E-state index contributed by atoms with van der Waals surface area (Å²) < 4.78 is 13.8. The van der Waals surface area contributed by atoms with Crippen molar-refractivity contribution in [3.63, 3.8) is 0 Å². The smallest absolute Gasteiger partial charge is 0.259 e. The van der Waals surface area contributed by atoms with Crippen LogP contribution in [0.3, 0.4) is 0 Å². The fourth-order valence-electron chi connectivity index (χ4n) is 3.13. The Morgan fingerprint density at radius 2 is 2.12 bits per heavy atom. The van der Waals surface area contributed by atoms with Gasteiger partial charge in [-0.1, -0.05) is 6.07 Å². The number of hydrogen-bond acceptors (Lipinski definition) is 5. The number of nitrogens with zero attached hydrogens (tertiary/aromatic N) is 2. The minimum Gasteiger partial charge on any atom is -0.317 e. The van der Waals surface area contributed by atoms with E-state index < -0.39 is 11.7 Å². The summed E-state index contributed by atoms with van der Waals surface area (Å²) in [6.45, 7) is 2.01. The highest BCUT2D eigenvalue weighted by atomic mass is 32.1. The molecule has 0 atom stereocenters. The summed E-state index contributed by atoms with van der Waals surface area (Å²) in [6.07, 6.45) is 5.58. The second kappa shape index (κ2) is 6.85. The van der Waals surface area contributed by atoms with Crippen molar-refractivity contribution in [2.75, 3.05) is 18.4 Å². The summed E-state index contributed by atoms with van der Waals surface area (Å²) in [5, 5.41) is 7.26. The van der Waals surface area contributed by atoms with Gasteiger partial charge in [-0.2, -0.15) is 0 Å². The molecular weight excluding hydrogens is 339 g/mol. The van der Waals surface area contributed by atoms with Crippen molar-refractivity contribution in [3.05, 3.63) is 52.9 Å². The SMILES string of the molecule is O=C(Nc1ncc(C2CCNCC2)s1)c1cc(F)cc2cccnc12. The molecule has 0 unspecified atom stereocenters. The van der Waals surface area contributed by atoms with E-state index in [0.717, 1.165) is 25.9 Å². The quantitative estimate of drug-likeness (QED) is 0.753. The van der Waals surface area contributed by atoms with E-state index in [9.17, 15) is 9.18 Å². The number of rotatable bonds is 3. The summed E-state index contributed by atoms with van der Waals surface area (Å²) in [6, 6.07) is 6.04. The van der Waals surface area contributed by atoms with E-state index in [0.29, 0.717) is 22.0 Å². The topological polar surface area (TPSA) is 66.9 Å². The van der Waals surface area contributed by atoms with Crippen molar-refractivity contribution < 1.29 is 9.18 Å². The van der Waals surface area contributed by atoms with Crippen LogP contribution in [-0.2, 0) is 0 Å². The summed E-state index contributed by atoms with van der Waals surface area (Å²) in [5.74, 6) is -0.365. The van der Waals surface area contributed by atoms with E-state index in [1.165, 1.54) is 28.3 Å². The molecule has 0 spiro atoms. The first-order chi connectivity index (χ1) is 12.2. The van der Waals surface area contributed by atoms with Crippen molar-refractivity contribution in [2.45, 2.75) is 18.8 Å². The minimum absolute atomic E-state index is 0.217. The predicted molar refractivity (Wildman–Crippen MR) is 96.6 cm³/mol. The van der Waals surface area contributed by atoms with Crippen molar-refractivity contribution in [2.24, 2.45) is 0 Å². The Balaban J connectivity index is 1.57. The molecule has 2 aromatic heterocycles. The molecule has 25 heavy (non-hydrogen) atoms. The highest BCUT2D eigenvalue weighted by Crippen LogP contribution is 2.32. The van der Waals surface area contributed by atoms with Crippen molar-refractivity contribution >= 4 is 33.3 Å². The van der Waals surface area contributed by atoms with Gasteiger partial charge in [0.15, 0.2) is 5.13 Å². The number of carbonyl (C=O) groups is 1. The monoisotopic (exact) mass is 356 g/mol. The van der Waals surface area contributed by atoms with Gasteiger partial charge in [0.05, 0.1) is 11.1 Å². The molecule has 0 radical (unpaired) electrons.